The average Bonchev–Trinajstić information content (AvgIpc) is 2.52. The van der Waals surface area contributed by atoms with E-state index in [0.717, 1.165) is 11.4 Å². The number of carbonyl (C=O) groups is 2. The number of hydrogen-bond acceptors (Lipinski definition) is 5. The van der Waals surface area contributed by atoms with Gasteiger partial charge in [0.2, 0.25) is 0 Å². The summed E-state index contributed by atoms with van der Waals surface area (Å²) >= 11 is 1.38. The van der Waals surface area contributed by atoms with Crippen molar-refractivity contribution in [1.29, 1.82) is 0 Å². The van der Waals surface area contributed by atoms with Crippen LogP contribution in [0.15, 0.2) is 5.38 Å². The van der Waals surface area contributed by atoms with Crippen molar-refractivity contribution in [3.05, 3.63) is 16.1 Å². The summed E-state index contributed by atoms with van der Waals surface area (Å²) in [5, 5.41) is 2.43. The maximum absolute atomic E-state index is 10.9. The van der Waals surface area contributed by atoms with Gasteiger partial charge in [0.1, 0.15) is 0 Å². The molecule has 0 aliphatic carbocycles. The molecule has 0 saturated heterocycles. The number of hydrogen-bond donors (Lipinski definition) is 0. The second-order valence-electron chi connectivity index (χ2n) is 1.98. The van der Waals surface area contributed by atoms with Crippen molar-refractivity contribution in [3.63, 3.8) is 0 Å². The van der Waals surface area contributed by atoms with E-state index in [1.54, 1.807) is 5.38 Å². The number of ether oxygens (including phenoxy) is 1. The zero-order valence-corrected chi connectivity index (χ0v) is 7.26. The second kappa shape index (κ2) is 3.96. The van der Waals surface area contributed by atoms with Crippen molar-refractivity contribution in [3.8, 4) is 0 Å². The van der Waals surface area contributed by atoms with Crippen LogP contribution in [0.1, 0.15) is 22.4 Å². The first kappa shape index (κ1) is 8.86. The Morgan fingerprint density at radius 2 is 2.58 bits per heavy atom. The van der Waals surface area contributed by atoms with E-state index in [2.05, 4.69) is 9.72 Å². The first-order valence-corrected chi connectivity index (χ1v) is 4.25. The third kappa shape index (κ3) is 1.88. The fourth-order valence-corrected chi connectivity index (χ4v) is 1.39. The van der Waals surface area contributed by atoms with Crippen LogP contribution >= 0.6 is 11.3 Å². The largest absolute Gasteiger partial charge is 0.391 e. The van der Waals surface area contributed by atoms with Gasteiger partial charge < -0.3 is 4.74 Å². The minimum absolute atomic E-state index is 0.104. The molecule has 0 bridgehead atoms. The number of aromatic nitrogens is 1. The summed E-state index contributed by atoms with van der Waals surface area (Å²) in [6.07, 6.45) is 0.777. The first-order valence-electron chi connectivity index (χ1n) is 3.37. The monoisotopic (exact) mass is 185 g/mol. The van der Waals surface area contributed by atoms with Crippen LogP contribution in [0.25, 0.3) is 0 Å². The van der Waals surface area contributed by atoms with Gasteiger partial charge in [0.25, 0.3) is 0 Å². The molecule has 4 nitrogen and oxygen atoms in total. The highest BCUT2D eigenvalue weighted by Gasteiger charge is 2.10. The van der Waals surface area contributed by atoms with Crippen LogP contribution in [-0.2, 0) is 16.0 Å². The third-order valence-corrected chi connectivity index (χ3v) is 2.21. The highest BCUT2D eigenvalue weighted by atomic mass is 32.1. The van der Waals surface area contributed by atoms with Crippen LogP contribution in [0.2, 0.25) is 0 Å². The molecule has 0 atom stereocenters. The number of carbonyl (C=O) groups excluding carboxylic acids is 2. The highest BCUT2D eigenvalue weighted by molar-refractivity contribution is 7.09. The summed E-state index contributed by atoms with van der Waals surface area (Å²) in [4.78, 5) is 24.6. The molecule has 0 amide bonds. The van der Waals surface area contributed by atoms with Gasteiger partial charge in [-0.15, -0.1) is 11.3 Å². The summed E-state index contributed by atoms with van der Waals surface area (Å²) in [6, 6.07) is 0. The van der Waals surface area contributed by atoms with E-state index in [9.17, 15) is 9.59 Å². The number of nitrogens with zero attached hydrogens (tertiary/aromatic N) is 1. The fourth-order valence-electron chi connectivity index (χ4n) is 0.671. The van der Waals surface area contributed by atoms with E-state index in [1.807, 2.05) is 6.92 Å². The maximum atomic E-state index is 10.9. The zero-order valence-electron chi connectivity index (χ0n) is 6.44. The van der Waals surface area contributed by atoms with E-state index in [0.29, 0.717) is 0 Å². The number of aryl methyl sites for hydroxylation is 1. The molecule has 0 aliphatic rings. The molecule has 1 rings (SSSR count). The predicted octanol–water partition coefficient (Wildman–Crippen LogP) is 1.02. The Labute approximate surface area is 73.2 Å². The molecule has 1 heterocycles. The molecule has 1 aromatic rings. The van der Waals surface area contributed by atoms with Crippen molar-refractivity contribution in [2.75, 3.05) is 0 Å². The van der Waals surface area contributed by atoms with Crippen molar-refractivity contribution in [2.24, 2.45) is 0 Å². The van der Waals surface area contributed by atoms with Crippen LogP contribution in [0, 0.1) is 0 Å². The van der Waals surface area contributed by atoms with Crippen LogP contribution in [0.3, 0.4) is 0 Å². The third-order valence-electron chi connectivity index (χ3n) is 1.22. The minimum Gasteiger partial charge on any atom is -0.391 e. The zero-order chi connectivity index (χ0) is 8.97. The van der Waals surface area contributed by atoms with Gasteiger partial charge in [-0.25, -0.2) is 9.78 Å². The Morgan fingerprint density at radius 3 is 3.08 bits per heavy atom. The van der Waals surface area contributed by atoms with Crippen LogP contribution in [-0.4, -0.2) is 17.4 Å². The van der Waals surface area contributed by atoms with Gasteiger partial charge in [-0.3, -0.25) is 4.79 Å². The number of thiazole rings is 1. The van der Waals surface area contributed by atoms with E-state index < -0.39 is 5.97 Å². The maximum Gasteiger partial charge on any atom is 0.365 e. The molecule has 1 aromatic heterocycles. The summed E-state index contributed by atoms with van der Waals surface area (Å²) < 4.78 is 4.11. The second-order valence-corrected chi connectivity index (χ2v) is 2.92. The van der Waals surface area contributed by atoms with E-state index in [1.165, 1.54) is 11.3 Å². The van der Waals surface area contributed by atoms with Crippen LogP contribution < -0.4 is 0 Å². The van der Waals surface area contributed by atoms with Crippen LogP contribution in [0.4, 0.5) is 0 Å². The Hall–Kier alpha value is -1.23. The normalized spacial score (nSPS) is 9.42. The van der Waals surface area contributed by atoms with Gasteiger partial charge in [-0.1, -0.05) is 6.92 Å². The fraction of sp³-hybridized carbons (Fsp3) is 0.286. The Balaban J connectivity index is 2.74. The topological polar surface area (TPSA) is 56.3 Å². The van der Waals surface area contributed by atoms with Crippen molar-refractivity contribution in [2.45, 2.75) is 13.3 Å². The molecule has 5 heteroatoms. The lowest BCUT2D eigenvalue weighted by atomic mass is 10.5. The number of rotatable bonds is 3. The van der Waals surface area contributed by atoms with Gasteiger partial charge in [-0.05, 0) is 6.42 Å². The molecule has 0 aliphatic heterocycles. The lowest BCUT2D eigenvalue weighted by molar-refractivity contribution is -0.123. The van der Waals surface area contributed by atoms with Gasteiger partial charge >= 0.3 is 12.4 Å². The van der Waals surface area contributed by atoms with Crippen molar-refractivity contribution < 1.29 is 14.3 Å². The van der Waals surface area contributed by atoms with Crippen LogP contribution in [0.5, 0.6) is 0 Å². The molecular weight excluding hydrogens is 178 g/mol. The quantitative estimate of drug-likeness (QED) is 0.401. The lowest BCUT2D eigenvalue weighted by Crippen LogP contribution is -2.03. The molecule has 0 radical (unpaired) electrons. The van der Waals surface area contributed by atoms with Crippen molar-refractivity contribution >= 4 is 23.8 Å². The molecule has 0 N–H and O–H groups in total. The molecule has 12 heavy (non-hydrogen) atoms. The molecule has 0 unspecified atom stereocenters. The molecule has 0 aromatic carbocycles. The summed E-state index contributed by atoms with van der Waals surface area (Å²) in [7, 11) is 0. The Morgan fingerprint density at radius 1 is 1.83 bits per heavy atom. The minimum atomic E-state index is -0.694. The predicted molar refractivity (Wildman–Crippen MR) is 43.0 cm³/mol. The summed E-state index contributed by atoms with van der Waals surface area (Å²) in [6.45, 7) is 2.04. The van der Waals surface area contributed by atoms with Gasteiger partial charge in [0.05, 0.1) is 5.01 Å². The van der Waals surface area contributed by atoms with Gasteiger partial charge in [0, 0.05) is 5.38 Å². The average molecular weight is 185 g/mol. The summed E-state index contributed by atoms with van der Waals surface area (Å²) in [5.74, 6) is -0.694. The standard InChI is InChI=1S/C7H7NO3S/c1-2-6-8-5(3-12-6)7(10)11-4-9/h3-4H,2H2,1H3. The van der Waals surface area contributed by atoms with Gasteiger partial charge in [-0.2, -0.15) is 0 Å². The van der Waals surface area contributed by atoms with Crippen molar-refractivity contribution in [1.82, 2.24) is 4.98 Å². The smallest absolute Gasteiger partial charge is 0.365 e. The lowest BCUT2D eigenvalue weighted by Gasteiger charge is -1.89. The molecule has 0 spiro atoms. The Bertz CT molecular complexity index is 295. The number of esters is 1. The molecular formula is C7H7NO3S. The van der Waals surface area contributed by atoms with E-state index in [-0.39, 0.29) is 12.2 Å². The highest BCUT2D eigenvalue weighted by Crippen LogP contribution is 2.10. The molecule has 64 valence electrons. The van der Waals surface area contributed by atoms with E-state index in [4.69, 9.17) is 0 Å². The summed E-state index contributed by atoms with van der Waals surface area (Å²) in [5.41, 5.74) is 0.198. The van der Waals surface area contributed by atoms with E-state index >= 15 is 0 Å². The molecule has 0 fully saturated rings. The molecule has 0 saturated carbocycles. The first-order chi connectivity index (χ1) is 5.77. The SMILES string of the molecule is CCc1nc(C(=O)OC=O)cs1. The Kier molecular flexibility index (Phi) is 2.93. The van der Waals surface area contributed by atoms with Gasteiger partial charge in [0.15, 0.2) is 5.69 Å².